The minimum Gasteiger partial charge on any atom is -0.454 e. The summed E-state index contributed by atoms with van der Waals surface area (Å²) in [7, 11) is 0. The average molecular weight is 755 g/mol. The summed E-state index contributed by atoms with van der Waals surface area (Å²) in [6.45, 7) is 8.93. The van der Waals surface area contributed by atoms with Crippen LogP contribution in [0.5, 0.6) is 23.0 Å². The van der Waals surface area contributed by atoms with Crippen LogP contribution < -0.4 is 19.3 Å². The molecule has 6 aromatic rings. The highest BCUT2D eigenvalue weighted by Gasteiger charge is 2.43. The van der Waals surface area contributed by atoms with Crippen molar-refractivity contribution in [2.75, 3.05) is 9.80 Å². The van der Waals surface area contributed by atoms with Gasteiger partial charge >= 0.3 is 0 Å². The highest BCUT2D eigenvalue weighted by molar-refractivity contribution is 6.04. The first-order valence-corrected chi connectivity index (χ1v) is 20.2. The molecule has 3 aliphatic carbocycles. The maximum Gasteiger partial charge on any atom is 0.174 e. The molecule has 2 aliphatic heterocycles. The van der Waals surface area contributed by atoms with Crippen LogP contribution in [0.25, 0.3) is 22.6 Å². The number of nitrogens with zero attached hydrogens (tertiary/aromatic N) is 2. The highest BCUT2D eigenvalue weighted by atomic mass is 16.6. The Morgan fingerprint density at radius 2 is 1.52 bits per heavy atom. The van der Waals surface area contributed by atoms with Crippen LogP contribution in [0.2, 0.25) is 0 Å². The smallest absolute Gasteiger partial charge is 0.174 e. The van der Waals surface area contributed by atoms with Crippen molar-refractivity contribution < 1.29 is 13.9 Å². The number of hydrogen-bond acceptors (Lipinski definition) is 5. The molecule has 0 saturated carbocycles. The number of allylic oxidation sites excluding steroid dienone is 8. The zero-order chi connectivity index (χ0) is 39.0. The van der Waals surface area contributed by atoms with E-state index in [1.54, 1.807) is 0 Å². The highest BCUT2D eigenvalue weighted by Crippen LogP contribution is 2.57. The zero-order valence-corrected chi connectivity index (χ0v) is 32.6. The predicted octanol–water partition coefficient (Wildman–Crippen LogP) is 14.1. The van der Waals surface area contributed by atoms with Crippen LogP contribution in [0.4, 0.5) is 17.1 Å². The van der Waals surface area contributed by atoms with E-state index in [2.05, 4.69) is 164 Å². The lowest BCUT2D eigenvalue weighted by molar-refractivity contribution is 0.351. The lowest BCUT2D eigenvalue weighted by Gasteiger charge is -2.34. The van der Waals surface area contributed by atoms with Crippen LogP contribution in [0.1, 0.15) is 55.1 Å². The maximum absolute atomic E-state index is 7.06. The number of fused-ring (bicyclic) bond motifs is 8. The molecule has 0 radical (unpaired) electrons. The maximum atomic E-state index is 7.06. The van der Waals surface area contributed by atoms with Gasteiger partial charge in [0.15, 0.2) is 28.8 Å². The van der Waals surface area contributed by atoms with Crippen molar-refractivity contribution in [3.05, 3.63) is 210 Å². The molecule has 5 aromatic carbocycles. The van der Waals surface area contributed by atoms with E-state index in [1.807, 2.05) is 36.4 Å². The van der Waals surface area contributed by atoms with Crippen molar-refractivity contribution in [3.8, 4) is 23.0 Å². The van der Waals surface area contributed by atoms with Gasteiger partial charge in [0.2, 0.25) is 0 Å². The van der Waals surface area contributed by atoms with E-state index in [4.69, 9.17) is 13.9 Å². The second-order valence-electron chi connectivity index (χ2n) is 15.9. The monoisotopic (exact) mass is 754 g/mol. The molecular weight excluding hydrogens is 713 g/mol. The summed E-state index contributed by atoms with van der Waals surface area (Å²) < 4.78 is 20.2. The van der Waals surface area contributed by atoms with Crippen LogP contribution in [0, 0.1) is 0 Å². The fourth-order valence-corrected chi connectivity index (χ4v) is 9.68. The molecular formula is C53H42N2O3. The molecule has 0 bridgehead atoms. The summed E-state index contributed by atoms with van der Waals surface area (Å²) in [6.07, 6.45) is 22.5. The van der Waals surface area contributed by atoms with Crippen molar-refractivity contribution in [1.29, 1.82) is 0 Å². The molecule has 282 valence electrons. The minimum atomic E-state index is -0.551. The van der Waals surface area contributed by atoms with Gasteiger partial charge in [0.25, 0.3) is 0 Å². The fraction of sp³-hybridized carbons (Fsp3) is 0.132. The number of ether oxygens (including phenoxy) is 2. The van der Waals surface area contributed by atoms with Crippen LogP contribution in [0.3, 0.4) is 0 Å². The summed E-state index contributed by atoms with van der Waals surface area (Å²) in [6, 6.07) is 40.0. The van der Waals surface area contributed by atoms with Crippen molar-refractivity contribution in [2.24, 2.45) is 0 Å². The van der Waals surface area contributed by atoms with Gasteiger partial charge in [0.1, 0.15) is 5.58 Å². The van der Waals surface area contributed by atoms with Gasteiger partial charge in [0.05, 0.1) is 11.7 Å². The molecule has 0 N–H and O–H groups in total. The Morgan fingerprint density at radius 1 is 0.741 bits per heavy atom. The van der Waals surface area contributed by atoms with E-state index in [1.165, 1.54) is 22.6 Å². The van der Waals surface area contributed by atoms with Gasteiger partial charge in [-0.25, -0.2) is 0 Å². The largest absolute Gasteiger partial charge is 0.454 e. The molecule has 2 atom stereocenters. The molecule has 0 amide bonds. The summed E-state index contributed by atoms with van der Waals surface area (Å²) in [5.41, 5.74) is 11.4. The molecule has 0 saturated heterocycles. The summed E-state index contributed by atoms with van der Waals surface area (Å²) >= 11 is 0. The van der Waals surface area contributed by atoms with Gasteiger partial charge in [0, 0.05) is 50.6 Å². The zero-order valence-electron chi connectivity index (χ0n) is 32.6. The molecule has 58 heavy (non-hydrogen) atoms. The molecule has 11 rings (SSSR count). The average Bonchev–Trinajstić information content (AvgIpc) is 3.76. The third-order valence-corrected chi connectivity index (χ3v) is 12.3. The van der Waals surface area contributed by atoms with E-state index in [0.717, 1.165) is 69.0 Å². The van der Waals surface area contributed by atoms with Gasteiger partial charge in [-0.1, -0.05) is 130 Å². The van der Waals surface area contributed by atoms with Gasteiger partial charge in [-0.15, -0.1) is 0 Å². The Morgan fingerprint density at radius 3 is 2.34 bits per heavy atom. The van der Waals surface area contributed by atoms with E-state index in [-0.39, 0.29) is 12.0 Å². The molecule has 3 heterocycles. The quantitative estimate of drug-likeness (QED) is 0.169. The van der Waals surface area contributed by atoms with Gasteiger partial charge in [-0.05, 0) is 90.2 Å². The molecule has 1 aromatic heterocycles. The second-order valence-corrected chi connectivity index (χ2v) is 15.9. The molecule has 5 aliphatic rings. The Labute approximate surface area is 339 Å². The van der Waals surface area contributed by atoms with Crippen LogP contribution >= 0.6 is 0 Å². The van der Waals surface area contributed by atoms with Crippen LogP contribution in [0.15, 0.2) is 192 Å². The molecule has 5 heteroatoms. The van der Waals surface area contributed by atoms with Crippen molar-refractivity contribution in [2.45, 2.75) is 44.1 Å². The predicted molar refractivity (Wildman–Crippen MR) is 236 cm³/mol. The first-order chi connectivity index (χ1) is 28.5. The standard InChI is InChI=1S/C53H42N2O3/c1-4-42-39(30-27-34-28-32-48-52(49(34)53(42,2)3)58-47-26-16-15-25-46(47)56-48)51-50(40-22-12-14-24-45(40)57-51)55-43-23-13-11-21-38(43)41-33-37(29-31-44(41)55)54(35-17-7-5-8-18-35)36-19-9-6-10-20-36/h4-5,7-9,11-33,41,44H,1,6,10H2,2-3H3. The summed E-state index contributed by atoms with van der Waals surface area (Å²) in [4.78, 5) is 4.91. The number of benzene rings is 5. The van der Waals surface area contributed by atoms with E-state index < -0.39 is 5.41 Å². The third-order valence-electron chi connectivity index (χ3n) is 12.3. The summed E-state index contributed by atoms with van der Waals surface area (Å²) in [5.74, 6) is 3.76. The lowest BCUT2D eigenvalue weighted by Crippen LogP contribution is -2.32. The lowest BCUT2D eigenvalue weighted by atomic mass is 9.74. The summed E-state index contributed by atoms with van der Waals surface area (Å²) in [5, 5.41) is 1.06. The van der Waals surface area contributed by atoms with Crippen molar-refractivity contribution in [1.82, 2.24) is 0 Å². The number of rotatable bonds is 6. The molecule has 0 fully saturated rings. The molecule has 5 nitrogen and oxygen atoms in total. The van der Waals surface area contributed by atoms with Gasteiger partial charge in [-0.2, -0.15) is 0 Å². The van der Waals surface area contributed by atoms with Crippen LogP contribution in [-0.2, 0) is 5.41 Å². The van der Waals surface area contributed by atoms with E-state index in [0.29, 0.717) is 17.2 Å². The third kappa shape index (κ3) is 5.23. The van der Waals surface area contributed by atoms with Crippen LogP contribution in [-0.4, -0.2) is 6.04 Å². The number of hydrogen-bond donors (Lipinski definition) is 0. The molecule has 2 unspecified atom stereocenters. The number of anilines is 3. The number of furan rings is 1. The van der Waals surface area contributed by atoms with Crippen molar-refractivity contribution >= 4 is 39.7 Å². The number of para-hydroxylation sites is 5. The molecule has 0 spiro atoms. The second kappa shape index (κ2) is 13.3. The normalized spacial score (nSPS) is 19.4. The van der Waals surface area contributed by atoms with E-state index in [9.17, 15) is 0 Å². The van der Waals surface area contributed by atoms with Crippen molar-refractivity contribution in [3.63, 3.8) is 0 Å². The first kappa shape index (κ1) is 34.3. The first-order valence-electron chi connectivity index (χ1n) is 20.2. The Bertz CT molecular complexity index is 2860. The Balaban J connectivity index is 1.07. The Kier molecular flexibility index (Phi) is 7.87. The van der Waals surface area contributed by atoms with E-state index >= 15 is 0 Å². The van der Waals surface area contributed by atoms with Gasteiger partial charge in [-0.3, -0.25) is 0 Å². The topological polar surface area (TPSA) is 38.1 Å². The SMILES string of the molecule is C=CC1=C(c2oc3ccccc3c2N2c3ccccc3C3C=C(N(C4=CCCC=C4)c4ccccc4)C=CC32)C=Cc2ccc3c(c2C1(C)C)Oc1ccccc1O3. The fourth-order valence-electron chi connectivity index (χ4n) is 9.68. The van der Waals surface area contributed by atoms with Gasteiger partial charge < -0.3 is 23.7 Å². The minimum absolute atomic E-state index is 0.0137. The Hall–Kier alpha value is -6.98.